The molecule has 0 bridgehead atoms. The first-order chi connectivity index (χ1) is 13.2. The highest BCUT2D eigenvalue weighted by atomic mass is 19.1. The van der Waals surface area contributed by atoms with Crippen LogP contribution in [-0.2, 0) is 4.74 Å². The molecular weight excluding hydrogens is 339 g/mol. The molecule has 3 heteroatoms. The van der Waals surface area contributed by atoms with Crippen LogP contribution in [0.3, 0.4) is 0 Å². The number of rotatable bonds is 8. The van der Waals surface area contributed by atoms with Crippen molar-refractivity contribution in [1.29, 1.82) is 0 Å². The zero-order chi connectivity index (χ0) is 19.1. The van der Waals surface area contributed by atoms with Gasteiger partial charge >= 0.3 is 0 Å². The molecule has 2 saturated carbocycles. The van der Waals surface area contributed by atoms with E-state index in [1.165, 1.54) is 51.4 Å². The van der Waals surface area contributed by atoms with Gasteiger partial charge < -0.3 is 9.84 Å². The maximum atomic E-state index is 12.8. The Hall–Kier alpha value is -0.410. The summed E-state index contributed by atoms with van der Waals surface area (Å²) in [6.45, 7) is 4.01. The summed E-state index contributed by atoms with van der Waals surface area (Å²) >= 11 is 0. The van der Waals surface area contributed by atoms with Gasteiger partial charge in [0.05, 0.1) is 19.9 Å². The Balaban J connectivity index is 1.35. The van der Waals surface area contributed by atoms with Crippen LogP contribution in [0.5, 0.6) is 0 Å². The summed E-state index contributed by atoms with van der Waals surface area (Å²) in [4.78, 5) is 0. The Labute approximate surface area is 165 Å². The van der Waals surface area contributed by atoms with Crippen LogP contribution in [0.4, 0.5) is 4.39 Å². The smallest absolute Gasteiger partial charge is 0.0922 e. The Morgan fingerprint density at radius 3 is 2.30 bits per heavy atom. The molecule has 3 unspecified atom stereocenters. The molecule has 2 fully saturated rings. The van der Waals surface area contributed by atoms with E-state index in [1.54, 1.807) is 0 Å². The second-order valence-corrected chi connectivity index (χ2v) is 9.82. The Morgan fingerprint density at radius 1 is 0.963 bits per heavy atom. The van der Waals surface area contributed by atoms with Crippen LogP contribution in [0, 0.1) is 41.4 Å². The van der Waals surface area contributed by atoms with E-state index in [9.17, 15) is 9.50 Å². The second kappa shape index (κ2) is 11.0. The first-order valence-corrected chi connectivity index (χ1v) is 11.6. The van der Waals surface area contributed by atoms with Crippen LogP contribution < -0.4 is 0 Å². The van der Waals surface area contributed by atoms with E-state index in [4.69, 9.17) is 4.74 Å². The summed E-state index contributed by atoms with van der Waals surface area (Å²) in [5.74, 6) is 4.18. The zero-order valence-corrected chi connectivity index (χ0v) is 17.3. The summed E-state index contributed by atoms with van der Waals surface area (Å²) in [5.41, 5.74) is 0. The standard InChI is InChI=1S/C24H41FO2/c1-18-2-8-23(9-3-18)24(15-26)17-27-16-20-6-12-22(13-7-20)21-10-4-19(14-25)5-11-21/h6,12,18-24,26H,2-5,7-11,13-17H2,1H3. The van der Waals surface area contributed by atoms with Gasteiger partial charge in [0.25, 0.3) is 0 Å². The van der Waals surface area contributed by atoms with Gasteiger partial charge in [-0.1, -0.05) is 31.9 Å². The molecule has 3 rings (SSSR count). The van der Waals surface area contributed by atoms with Gasteiger partial charge in [-0.2, -0.15) is 0 Å². The SMILES string of the molecule is CC1CCC(C(CO)COCC2C=CC(C3CCC(CF)CC3)CC2)CC1. The van der Waals surface area contributed by atoms with Crippen LogP contribution in [-0.4, -0.2) is 31.6 Å². The summed E-state index contributed by atoms with van der Waals surface area (Å²) in [5, 5.41) is 9.78. The maximum Gasteiger partial charge on any atom is 0.0922 e. The van der Waals surface area contributed by atoms with Crippen molar-refractivity contribution in [1.82, 2.24) is 0 Å². The normalized spacial score (nSPS) is 38.6. The summed E-state index contributed by atoms with van der Waals surface area (Å²) in [6.07, 6.45) is 17.0. The van der Waals surface area contributed by atoms with E-state index in [-0.39, 0.29) is 13.3 Å². The number of hydrogen-bond acceptors (Lipinski definition) is 2. The molecule has 3 aliphatic carbocycles. The summed E-state index contributed by atoms with van der Waals surface area (Å²) in [7, 11) is 0. The lowest BCUT2D eigenvalue weighted by atomic mass is 9.72. The molecule has 0 amide bonds. The van der Waals surface area contributed by atoms with Crippen molar-refractivity contribution >= 4 is 0 Å². The van der Waals surface area contributed by atoms with Gasteiger partial charge in [-0.05, 0) is 81.0 Å². The fourth-order valence-electron chi connectivity index (χ4n) is 5.67. The van der Waals surface area contributed by atoms with Crippen molar-refractivity contribution in [3.63, 3.8) is 0 Å². The number of alkyl halides is 1. The molecule has 0 aliphatic heterocycles. The van der Waals surface area contributed by atoms with Gasteiger partial charge in [0.1, 0.15) is 0 Å². The fraction of sp³-hybridized carbons (Fsp3) is 0.917. The van der Waals surface area contributed by atoms with Crippen molar-refractivity contribution in [3.05, 3.63) is 12.2 Å². The van der Waals surface area contributed by atoms with Gasteiger partial charge in [0, 0.05) is 18.4 Å². The number of aliphatic hydroxyl groups excluding tert-OH is 1. The quantitative estimate of drug-likeness (QED) is 0.540. The number of allylic oxidation sites excluding steroid dienone is 1. The highest BCUT2D eigenvalue weighted by molar-refractivity contribution is 5.00. The largest absolute Gasteiger partial charge is 0.396 e. The lowest BCUT2D eigenvalue weighted by Crippen LogP contribution is -2.28. The number of ether oxygens (including phenoxy) is 1. The average molecular weight is 381 g/mol. The molecule has 0 aromatic heterocycles. The van der Waals surface area contributed by atoms with Gasteiger partial charge in [-0.15, -0.1) is 0 Å². The van der Waals surface area contributed by atoms with Gasteiger partial charge in [0.15, 0.2) is 0 Å². The Kier molecular flexibility index (Phi) is 8.64. The molecule has 0 heterocycles. The molecule has 27 heavy (non-hydrogen) atoms. The van der Waals surface area contributed by atoms with E-state index in [0.29, 0.717) is 29.6 Å². The third-order valence-corrected chi connectivity index (χ3v) is 7.84. The lowest BCUT2D eigenvalue weighted by molar-refractivity contribution is 0.0217. The fourth-order valence-corrected chi connectivity index (χ4v) is 5.67. The van der Waals surface area contributed by atoms with Crippen molar-refractivity contribution < 1.29 is 14.2 Å². The van der Waals surface area contributed by atoms with Gasteiger partial charge in [0.2, 0.25) is 0 Å². The minimum absolute atomic E-state index is 0.124. The first kappa shape index (κ1) is 21.3. The zero-order valence-electron chi connectivity index (χ0n) is 17.3. The van der Waals surface area contributed by atoms with E-state index in [0.717, 1.165) is 37.9 Å². The lowest BCUT2D eigenvalue weighted by Gasteiger charge is -2.34. The molecule has 1 N–H and O–H groups in total. The van der Waals surface area contributed by atoms with E-state index >= 15 is 0 Å². The molecular formula is C24H41FO2. The third kappa shape index (κ3) is 6.29. The molecule has 0 aromatic rings. The van der Waals surface area contributed by atoms with Crippen molar-refractivity contribution in [2.75, 3.05) is 26.5 Å². The second-order valence-electron chi connectivity index (χ2n) is 9.82. The van der Waals surface area contributed by atoms with Crippen LogP contribution in [0.1, 0.15) is 71.1 Å². The number of halogens is 1. The molecule has 3 atom stereocenters. The van der Waals surface area contributed by atoms with Crippen LogP contribution >= 0.6 is 0 Å². The van der Waals surface area contributed by atoms with E-state index < -0.39 is 0 Å². The molecule has 0 radical (unpaired) electrons. The molecule has 156 valence electrons. The highest BCUT2D eigenvalue weighted by Gasteiger charge is 2.29. The van der Waals surface area contributed by atoms with Gasteiger partial charge in [-0.25, -0.2) is 0 Å². The molecule has 0 saturated heterocycles. The Morgan fingerprint density at radius 2 is 1.70 bits per heavy atom. The third-order valence-electron chi connectivity index (χ3n) is 7.84. The maximum absolute atomic E-state index is 12.8. The molecule has 0 spiro atoms. The number of hydrogen-bond donors (Lipinski definition) is 1. The predicted molar refractivity (Wildman–Crippen MR) is 109 cm³/mol. The van der Waals surface area contributed by atoms with Crippen molar-refractivity contribution in [3.8, 4) is 0 Å². The first-order valence-electron chi connectivity index (χ1n) is 11.6. The minimum atomic E-state index is -0.124. The highest BCUT2D eigenvalue weighted by Crippen LogP contribution is 2.39. The molecule has 0 aromatic carbocycles. The molecule has 2 nitrogen and oxygen atoms in total. The van der Waals surface area contributed by atoms with E-state index in [1.807, 2.05) is 0 Å². The van der Waals surface area contributed by atoms with Crippen LogP contribution in [0.2, 0.25) is 0 Å². The van der Waals surface area contributed by atoms with Crippen LogP contribution in [0.25, 0.3) is 0 Å². The predicted octanol–water partition coefficient (Wildman–Crippen LogP) is 5.80. The summed E-state index contributed by atoms with van der Waals surface area (Å²) in [6, 6.07) is 0. The van der Waals surface area contributed by atoms with Gasteiger partial charge in [-0.3, -0.25) is 4.39 Å². The van der Waals surface area contributed by atoms with E-state index in [2.05, 4.69) is 19.1 Å². The monoisotopic (exact) mass is 380 g/mol. The Bertz CT molecular complexity index is 436. The van der Waals surface area contributed by atoms with Crippen LogP contribution in [0.15, 0.2) is 12.2 Å². The summed E-state index contributed by atoms with van der Waals surface area (Å²) < 4.78 is 18.9. The minimum Gasteiger partial charge on any atom is -0.396 e. The number of aliphatic hydroxyl groups is 1. The average Bonchev–Trinajstić information content (AvgIpc) is 2.73. The van der Waals surface area contributed by atoms with Crippen molar-refractivity contribution in [2.24, 2.45) is 41.4 Å². The topological polar surface area (TPSA) is 29.5 Å². The molecule has 3 aliphatic rings. The van der Waals surface area contributed by atoms with Crippen molar-refractivity contribution in [2.45, 2.75) is 71.1 Å².